The molecule has 2 bridgehead atoms. The number of carboxylic acid groups (broad SMARTS) is 1. The van der Waals surface area contributed by atoms with E-state index in [0.29, 0.717) is 6.04 Å². The Labute approximate surface area is 114 Å². The SMILES string of the molecule is CN1C2CCC1CC(N1CC(C)(OCC(=O)O)C1)C2. The molecule has 3 aliphatic heterocycles. The lowest BCUT2D eigenvalue weighted by atomic mass is 9.88. The van der Waals surface area contributed by atoms with Gasteiger partial charge in [0.15, 0.2) is 0 Å². The molecule has 108 valence electrons. The maximum absolute atomic E-state index is 10.6. The van der Waals surface area contributed by atoms with Crippen LogP contribution in [-0.2, 0) is 9.53 Å². The molecule has 5 nitrogen and oxygen atoms in total. The summed E-state index contributed by atoms with van der Waals surface area (Å²) in [6.07, 6.45) is 5.22. The van der Waals surface area contributed by atoms with Crippen molar-refractivity contribution in [3.8, 4) is 0 Å². The van der Waals surface area contributed by atoms with Crippen LogP contribution in [0.4, 0.5) is 0 Å². The highest BCUT2D eigenvalue weighted by Gasteiger charge is 2.47. The second-order valence-electron chi connectivity index (χ2n) is 6.71. The zero-order chi connectivity index (χ0) is 13.6. The second kappa shape index (κ2) is 4.72. The molecule has 3 saturated heterocycles. The number of likely N-dealkylation sites (tertiary alicyclic amines) is 1. The van der Waals surface area contributed by atoms with Gasteiger partial charge in [-0.3, -0.25) is 4.90 Å². The molecule has 0 radical (unpaired) electrons. The highest BCUT2D eigenvalue weighted by Crippen LogP contribution is 2.39. The van der Waals surface area contributed by atoms with Gasteiger partial charge >= 0.3 is 5.97 Å². The van der Waals surface area contributed by atoms with E-state index in [1.54, 1.807) is 0 Å². The van der Waals surface area contributed by atoms with Crippen LogP contribution < -0.4 is 0 Å². The minimum Gasteiger partial charge on any atom is -0.480 e. The van der Waals surface area contributed by atoms with Gasteiger partial charge in [-0.05, 0) is 39.7 Å². The van der Waals surface area contributed by atoms with Crippen molar-refractivity contribution in [2.45, 2.75) is 56.3 Å². The van der Waals surface area contributed by atoms with Crippen molar-refractivity contribution in [3.05, 3.63) is 0 Å². The minimum absolute atomic E-state index is 0.178. The molecule has 2 unspecified atom stereocenters. The lowest BCUT2D eigenvalue weighted by Crippen LogP contribution is -2.66. The van der Waals surface area contributed by atoms with Crippen LogP contribution in [0.5, 0.6) is 0 Å². The summed E-state index contributed by atoms with van der Waals surface area (Å²) in [6.45, 7) is 3.61. The number of aliphatic carboxylic acids is 1. The Balaban J connectivity index is 1.50. The van der Waals surface area contributed by atoms with Gasteiger partial charge in [0.2, 0.25) is 0 Å². The highest BCUT2D eigenvalue weighted by atomic mass is 16.5. The van der Waals surface area contributed by atoms with Crippen LogP contribution in [0.1, 0.15) is 32.6 Å². The zero-order valence-corrected chi connectivity index (χ0v) is 11.8. The Hall–Kier alpha value is -0.650. The van der Waals surface area contributed by atoms with Gasteiger partial charge in [0.05, 0.1) is 5.60 Å². The summed E-state index contributed by atoms with van der Waals surface area (Å²) in [5, 5.41) is 8.67. The standard InChI is InChI=1S/C14H24N2O3/c1-14(19-7-13(17)18)8-16(9-14)12-5-10-3-4-11(6-12)15(10)2/h10-12H,3-9H2,1-2H3,(H,17,18). The number of ether oxygens (including phenoxy) is 1. The average molecular weight is 268 g/mol. The highest BCUT2D eigenvalue weighted by molar-refractivity contribution is 5.68. The molecule has 0 aliphatic carbocycles. The molecule has 3 heterocycles. The van der Waals surface area contributed by atoms with Gasteiger partial charge in [-0.25, -0.2) is 4.79 Å². The Morgan fingerprint density at radius 3 is 2.37 bits per heavy atom. The van der Waals surface area contributed by atoms with Gasteiger partial charge in [-0.2, -0.15) is 0 Å². The first-order valence-electron chi connectivity index (χ1n) is 7.28. The Morgan fingerprint density at radius 2 is 1.84 bits per heavy atom. The molecule has 0 aromatic heterocycles. The van der Waals surface area contributed by atoms with Crippen LogP contribution in [0, 0.1) is 0 Å². The topological polar surface area (TPSA) is 53.0 Å². The molecular weight excluding hydrogens is 244 g/mol. The smallest absolute Gasteiger partial charge is 0.329 e. The number of hydrogen-bond donors (Lipinski definition) is 1. The number of carbonyl (C=O) groups is 1. The molecule has 0 aromatic rings. The summed E-state index contributed by atoms with van der Waals surface area (Å²) in [7, 11) is 2.26. The summed E-state index contributed by atoms with van der Waals surface area (Å²) in [5.74, 6) is -0.878. The number of hydrogen-bond acceptors (Lipinski definition) is 4. The van der Waals surface area contributed by atoms with Gasteiger partial charge in [-0.15, -0.1) is 0 Å². The van der Waals surface area contributed by atoms with Crippen molar-refractivity contribution in [2.75, 3.05) is 26.7 Å². The average Bonchev–Trinajstić information content (AvgIpc) is 2.55. The molecular formula is C14H24N2O3. The quantitative estimate of drug-likeness (QED) is 0.817. The van der Waals surface area contributed by atoms with Crippen molar-refractivity contribution in [3.63, 3.8) is 0 Å². The van der Waals surface area contributed by atoms with Gasteiger partial charge in [0, 0.05) is 31.2 Å². The predicted molar refractivity (Wildman–Crippen MR) is 71.2 cm³/mol. The van der Waals surface area contributed by atoms with E-state index in [-0.39, 0.29) is 12.2 Å². The molecule has 3 fully saturated rings. The molecule has 1 N–H and O–H groups in total. The lowest BCUT2D eigenvalue weighted by Gasteiger charge is -2.53. The van der Waals surface area contributed by atoms with E-state index >= 15 is 0 Å². The fraction of sp³-hybridized carbons (Fsp3) is 0.929. The summed E-state index contributed by atoms with van der Waals surface area (Å²) in [6, 6.07) is 2.20. The third kappa shape index (κ3) is 2.51. The molecule has 0 amide bonds. The van der Waals surface area contributed by atoms with Crippen LogP contribution in [0.15, 0.2) is 0 Å². The largest absolute Gasteiger partial charge is 0.480 e. The van der Waals surface area contributed by atoms with E-state index in [2.05, 4.69) is 16.8 Å². The maximum atomic E-state index is 10.6. The van der Waals surface area contributed by atoms with E-state index in [1.165, 1.54) is 25.7 Å². The first-order chi connectivity index (χ1) is 8.97. The zero-order valence-electron chi connectivity index (χ0n) is 11.8. The number of piperidine rings is 1. The van der Waals surface area contributed by atoms with Crippen molar-refractivity contribution in [1.82, 2.24) is 9.80 Å². The van der Waals surface area contributed by atoms with Crippen LogP contribution >= 0.6 is 0 Å². The Morgan fingerprint density at radius 1 is 1.26 bits per heavy atom. The lowest BCUT2D eigenvalue weighted by molar-refractivity contribution is -0.172. The number of carboxylic acids is 1. The van der Waals surface area contributed by atoms with Gasteiger partial charge in [0.25, 0.3) is 0 Å². The van der Waals surface area contributed by atoms with Crippen LogP contribution in [0.2, 0.25) is 0 Å². The van der Waals surface area contributed by atoms with E-state index in [4.69, 9.17) is 9.84 Å². The summed E-state index contributed by atoms with van der Waals surface area (Å²) >= 11 is 0. The first-order valence-corrected chi connectivity index (χ1v) is 7.28. The van der Waals surface area contributed by atoms with E-state index in [0.717, 1.165) is 25.2 Å². The molecule has 2 atom stereocenters. The van der Waals surface area contributed by atoms with Gasteiger partial charge < -0.3 is 14.7 Å². The summed E-state index contributed by atoms with van der Waals surface area (Å²) in [4.78, 5) is 15.6. The number of nitrogens with zero attached hydrogens (tertiary/aromatic N) is 2. The third-order valence-electron chi connectivity index (χ3n) is 5.21. The van der Waals surface area contributed by atoms with Gasteiger partial charge in [-0.1, -0.05) is 0 Å². The monoisotopic (exact) mass is 268 g/mol. The second-order valence-corrected chi connectivity index (χ2v) is 6.71. The van der Waals surface area contributed by atoms with E-state index < -0.39 is 5.97 Å². The summed E-state index contributed by atoms with van der Waals surface area (Å²) < 4.78 is 5.49. The van der Waals surface area contributed by atoms with Crippen molar-refractivity contribution in [2.24, 2.45) is 0 Å². The summed E-state index contributed by atoms with van der Waals surface area (Å²) in [5.41, 5.74) is -0.249. The van der Waals surface area contributed by atoms with Crippen LogP contribution in [0.3, 0.4) is 0 Å². The Kier molecular flexibility index (Phi) is 3.31. The fourth-order valence-corrected chi connectivity index (χ4v) is 4.08. The predicted octanol–water partition coefficient (Wildman–Crippen LogP) is 0.787. The van der Waals surface area contributed by atoms with Crippen molar-refractivity contribution >= 4 is 5.97 Å². The molecule has 0 aromatic carbocycles. The van der Waals surface area contributed by atoms with Gasteiger partial charge in [0.1, 0.15) is 6.61 Å². The number of rotatable bonds is 4. The van der Waals surface area contributed by atoms with E-state index in [9.17, 15) is 4.79 Å². The maximum Gasteiger partial charge on any atom is 0.329 e. The molecule has 3 aliphatic rings. The van der Waals surface area contributed by atoms with Crippen LogP contribution in [0.25, 0.3) is 0 Å². The molecule has 0 spiro atoms. The minimum atomic E-state index is -0.878. The first kappa shape index (κ1) is 13.3. The molecule has 0 saturated carbocycles. The molecule has 5 heteroatoms. The van der Waals surface area contributed by atoms with Crippen molar-refractivity contribution in [1.29, 1.82) is 0 Å². The Bertz CT molecular complexity index is 354. The van der Waals surface area contributed by atoms with Crippen LogP contribution in [-0.4, -0.2) is 71.3 Å². The van der Waals surface area contributed by atoms with Crippen molar-refractivity contribution < 1.29 is 14.6 Å². The normalized spacial score (nSPS) is 38.1. The fourth-order valence-electron chi connectivity index (χ4n) is 4.08. The molecule has 3 rings (SSSR count). The number of fused-ring (bicyclic) bond motifs is 2. The third-order valence-corrected chi connectivity index (χ3v) is 5.21. The molecule has 19 heavy (non-hydrogen) atoms. The van der Waals surface area contributed by atoms with E-state index in [1.807, 2.05) is 6.92 Å².